The lowest BCUT2D eigenvalue weighted by molar-refractivity contribution is 0.109. The Morgan fingerprint density at radius 3 is 2.59 bits per heavy atom. The fourth-order valence-corrected chi connectivity index (χ4v) is 1.93. The summed E-state index contributed by atoms with van der Waals surface area (Å²) in [5.74, 6) is 2.35. The normalized spacial score (nSPS) is 15.4. The van der Waals surface area contributed by atoms with Crippen molar-refractivity contribution in [2.45, 2.75) is 46.5 Å². The molecule has 0 aromatic rings. The maximum atomic E-state index is 5.63. The third-order valence-corrected chi connectivity index (χ3v) is 3.32. The molecular weight excluding hydrogens is 278 g/mol. The van der Waals surface area contributed by atoms with Gasteiger partial charge in [0.1, 0.15) is 0 Å². The molecular formula is C17H35N3O2. The maximum Gasteiger partial charge on any atom is 0.191 e. The highest BCUT2D eigenvalue weighted by Crippen LogP contribution is 2.28. The molecule has 0 aromatic carbocycles. The molecule has 0 unspecified atom stereocenters. The smallest absolute Gasteiger partial charge is 0.191 e. The van der Waals surface area contributed by atoms with Gasteiger partial charge in [-0.3, -0.25) is 4.99 Å². The lowest BCUT2D eigenvalue weighted by atomic mass is 10.2. The van der Waals surface area contributed by atoms with Crippen molar-refractivity contribution in [3.63, 3.8) is 0 Å². The minimum Gasteiger partial charge on any atom is -0.381 e. The minimum atomic E-state index is 0.602. The predicted octanol–water partition coefficient (Wildman–Crippen LogP) is 2.42. The Morgan fingerprint density at radius 2 is 1.91 bits per heavy atom. The number of aliphatic imine (C=N–C) groups is 1. The Hall–Kier alpha value is -0.810. The third-order valence-electron chi connectivity index (χ3n) is 3.32. The van der Waals surface area contributed by atoms with E-state index in [2.05, 4.69) is 36.4 Å². The summed E-state index contributed by atoms with van der Waals surface area (Å²) >= 11 is 0. The first kappa shape index (κ1) is 19.2. The number of nitrogens with zero attached hydrogens (tertiary/aromatic N) is 1. The Balaban J connectivity index is 1.99. The molecule has 1 aliphatic carbocycles. The standard InChI is InChI=1S/C17H35N3O2/c1-4-18-17(19-9-5-11-21-13-15(2)3)20-10-6-12-22-14-16-7-8-16/h15-16H,4-14H2,1-3H3,(H2,18,19,20). The van der Waals surface area contributed by atoms with Crippen LogP contribution in [0.25, 0.3) is 0 Å². The second kappa shape index (κ2) is 12.7. The van der Waals surface area contributed by atoms with E-state index in [-0.39, 0.29) is 0 Å². The van der Waals surface area contributed by atoms with Gasteiger partial charge in [-0.2, -0.15) is 0 Å². The topological polar surface area (TPSA) is 54.9 Å². The van der Waals surface area contributed by atoms with Crippen LogP contribution in [0, 0.1) is 11.8 Å². The summed E-state index contributed by atoms with van der Waals surface area (Å²) in [6.45, 7) is 12.4. The van der Waals surface area contributed by atoms with Crippen molar-refractivity contribution in [3.05, 3.63) is 0 Å². The molecule has 0 radical (unpaired) electrons. The number of rotatable bonds is 13. The fourth-order valence-electron chi connectivity index (χ4n) is 1.93. The molecule has 0 aliphatic heterocycles. The van der Waals surface area contributed by atoms with Gasteiger partial charge >= 0.3 is 0 Å². The maximum absolute atomic E-state index is 5.63. The van der Waals surface area contributed by atoms with Crippen molar-refractivity contribution in [1.82, 2.24) is 10.6 Å². The summed E-state index contributed by atoms with van der Waals surface area (Å²) < 4.78 is 11.2. The van der Waals surface area contributed by atoms with Crippen LogP contribution < -0.4 is 10.6 Å². The molecule has 5 heteroatoms. The van der Waals surface area contributed by atoms with Crippen molar-refractivity contribution in [1.29, 1.82) is 0 Å². The molecule has 0 atom stereocenters. The first-order chi connectivity index (χ1) is 10.7. The van der Waals surface area contributed by atoms with Crippen LogP contribution in [0.15, 0.2) is 4.99 Å². The molecule has 0 saturated heterocycles. The van der Waals surface area contributed by atoms with Crippen LogP contribution in [-0.4, -0.2) is 52.0 Å². The van der Waals surface area contributed by atoms with Crippen LogP contribution in [0.4, 0.5) is 0 Å². The van der Waals surface area contributed by atoms with E-state index in [1.165, 1.54) is 12.8 Å². The van der Waals surface area contributed by atoms with E-state index in [9.17, 15) is 0 Å². The van der Waals surface area contributed by atoms with Crippen LogP contribution in [0.1, 0.15) is 46.5 Å². The number of guanidine groups is 1. The van der Waals surface area contributed by atoms with Gasteiger partial charge in [-0.15, -0.1) is 0 Å². The van der Waals surface area contributed by atoms with E-state index in [1.807, 2.05) is 0 Å². The monoisotopic (exact) mass is 313 g/mol. The third kappa shape index (κ3) is 11.8. The number of nitrogens with one attached hydrogen (secondary N) is 2. The highest BCUT2D eigenvalue weighted by atomic mass is 16.5. The summed E-state index contributed by atoms with van der Waals surface area (Å²) in [4.78, 5) is 4.56. The van der Waals surface area contributed by atoms with E-state index < -0.39 is 0 Å². The van der Waals surface area contributed by atoms with Crippen LogP contribution >= 0.6 is 0 Å². The molecule has 1 rings (SSSR count). The molecule has 1 fully saturated rings. The van der Waals surface area contributed by atoms with Crippen molar-refractivity contribution in [2.75, 3.05) is 46.1 Å². The molecule has 0 spiro atoms. The Kier molecular flexibility index (Phi) is 11.1. The Labute approximate surface area is 136 Å². The molecule has 0 heterocycles. The molecule has 1 saturated carbocycles. The number of hydrogen-bond acceptors (Lipinski definition) is 3. The predicted molar refractivity (Wildman–Crippen MR) is 92.4 cm³/mol. The molecule has 0 bridgehead atoms. The summed E-state index contributed by atoms with van der Waals surface area (Å²) in [5, 5.41) is 6.62. The van der Waals surface area contributed by atoms with Crippen molar-refractivity contribution in [3.8, 4) is 0 Å². The van der Waals surface area contributed by atoms with Crippen molar-refractivity contribution >= 4 is 5.96 Å². The van der Waals surface area contributed by atoms with Crippen molar-refractivity contribution < 1.29 is 9.47 Å². The lowest BCUT2D eigenvalue weighted by Crippen LogP contribution is -2.38. The Morgan fingerprint density at radius 1 is 1.14 bits per heavy atom. The van der Waals surface area contributed by atoms with E-state index in [1.54, 1.807) is 0 Å². The second-order valence-electron chi connectivity index (χ2n) is 6.38. The molecule has 0 aromatic heterocycles. The van der Waals surface area contributed by atoms with Gasteiger partial charge in [0, 0.05) is 46.1 Å². The zero-order valence-corrected chi connectivity index (χ0v) is 14.7. The van der Waals surface area contributed by atoms with E-state index in [0.29, 0.717) is 5.92 Å². The first-order valence-corrected chi connectivity index (χ1v) is 8.90. The summed E-state index contributed by atoms with van der Waals surface area (Å²) in [5.41, 5.74) is 0. The summed E-state index contributed by atoms with van der Waals surface area (Å²) in [6.07, 6.45) is 4.70. The summed E-state index contributed by atoms with van der Waals surface area (Å²) in [6, 6.07) is 0. The van der Waals surface area contributed by atoms with Gasteiger partial charge in [-0.05, 0) is 44.4 Å². The van der Waals surface area contributed by atoms with Gasteiger partial charge in [0.05, 0.1) is 0 Å². The molecule has 22 heavy (non-hydrogen) atoms. The van der Waals surface area contributed by atoms with Gasteiger partial charge < -0.3 is 20.1 Å². The Bertz CT molecular complexity index is 292. The SMILES string of the molecule is CCNC(=NCCCOCC(C)C)NCCCOCC1CC1. The highest BCUT2D eigenvalue weighted by Gasteiger charge is 2.20. The van der Waals surface area contributed by atoms with Gasteiger partial charge in [-0.25, -0.2) is 0 Å². The van der Waals surface area contributed by atoms with Crippen LogP contribution in [0.3, 0.4) is 0 Å². The van der Waals surface area contributed by atoms with Crippen molar-refractivity contribution in [2.24, 2.45) is 16.8 Å². The average molecular weight is 313 g/mol. The molecule has 2 N–H and O–H groups in total. The molecule has 130 valence electrons. The summed E-state index contributed by atoms with van der Waals surface area (Å²) in [7, 11) is 0. The first-order valence-electron chi connectivity index (χ1n) is 8.90. The van der Waals surface area contributed by atoms with Gasteiger partial charge in [0.2, 0.25) is 0 Å². The van der Waals surface area contributed by atoms with E-state index in [0.717, 1.165) is 70.8 Å². The highest BCUT2D eigenvalue weighted by molar-refractivity contribution is 5.79. The van der Waals surface area contributed by atoms with Crippen LogP contribution in [-0.2, 0) is 9.47 Å². The van der Waals surface area contributed by atoms with E-state index in [4.69, 9.17) is 9.47 Å². The zero-order chi connectivity index (χ0) is 16.0. The molecule has 1 aliphatic rings. The van der Waals surface area contributed by atoms with Gasteiger partial charge in [-0.1, -0.05) is 13.8 Å². The number of ether oxygens (including phenoxy) is 2. The quantitative estimate of drug-likeness (QED) is 0.311. The molecule has 5 nitrogen and oxygen atoms in total. The molecule has 0 amide bonds. The zero-order valence-electron chi connectivity index (χ0n) is 14.7. The second-order valence-corrected chi connectivity index (χ2v) is 6.38. The lowest BCUT2D eigenvalue weighted by Gasteiger charge is -2.11. The number of hydrogen-bond donors (Lipinski definition) is 2. The largest absolute Gasteiger partial charge is 0.381 e. The van der Waals surface area contributed by atoms with E-state index >= 15 is 0 Å². The van der Waals surface area contributed by atoms with Crippen LogP contribution in [0.2, 0.25) is 0 Å². The minimum absolute atomic E-state index is 0.602. The van der Waals surface area contributed by atoms with Gasteiger partial charge in [0.25, 0.3) is 0 Å². The fraction of sp³-hybridized carbons (Fsp3) is 0.941. The van der Waals surface area contributed by atoms with Gasteiger partial charge in [0.15, 0.2) is 5.96 Å². The van der Waals surface area contributed by atoms with Crippen LogP contribution in [0.5, 0.6) is 0 Å². The average Bonchev–Trinajstić information content (AvgIpc) is 3.30.